The van der Waals surface area contributed by atoms with Crippen molar-refractivity contribution >= 4 is 16.9 Å². The standard InChI is InChI=1S/C20H24N2O3/c1-3-13-8-14-10-22(9-13)11-16-15-6-4-5-7-17(15)21-18(16)20(14,12-23)19(24)25-2/h3-7,14,21,23H,8-12H2,1-2H3. The van der Waals surface area contributed by atoms with E-state index in [1.165, 1.54) is 12.7 Å². The second-order valence-electron chi connectivity index (χ2n) is 7.16. The molecule has 132 valence electrons. The predicted octanol–water partition coefficient (Wildman–Crippen LogP) is 2.35. The molecule has 0 aliphatic carbocycles. The second kappa shape index (κ2) is 6.00. The van der Waals surface area contributed by atoms with E-state index in [0.29, 0.717) is 0 Å². The number of H-pyrrole nitrogens is 1. The van der Waals surface area contributed by atoms with Crippen molar-refractivity contribution in [2.24, 2.45) is 5.92 Å². The summed E-state index contributed by atoms with van der Waals surface area (Å²) in [6.07, 6.45) is 2.94. The predicted molar refractivity (Wildman–Crippen MR) is 96.2 cm³/mol. The summed E-state index contributed by atoms with van der Waals surface area (Å²) in [5.74, 6) is -0.369. The largest absolute Gasteiger partial charge is 0.468 e. The molecular formula is C20H24N2O3. The zero-order chi connectivity index (χ0) is 17.6. The van der Waals surface area contributed by atoms with Crippen molar-refractivity contribution in [3.05, 3.63) is 47.2 Å². The van der Waals surface area contributed by atoms with Crippen LogP contribution in [0.4, 0.5) is 0 Å². The van der Waals surface area contributed by atoms with Crippen LogP contribution in [0.1, 0.15) is 24.6 Å². The first-order chi connectivity index (χ1) is 12.1. The molecular weight excluding hydrogens is 316 g/mol. The lowest BCUT2D eigenvalue weighted by molar-refractivity contribution is -0.153. The first-order valence-corrected chi connectivity index (χ1v) is 8.79. The van der Waals surface area contributed by atoms with E-state index in [9.17, 15) is 9.90 Å². The number of carbonyl (C=O) groups is 1. The maximum Gasteiger partial charge on any atom is 0.320 e. The Balaban J connectivity index is 2.00. The number of aromatic amines is 1. The number of carbonyl (C=O) groups excluding carboxylic acids is 1. The minimum atomic E-state index is -1.05. The quantitative estimate of drug-likeness (QED) is 0.651. The van der Waals surface area contributed by atoms with Crippen LogP contribution in [0.15, 0.2) is 35.9 Å². The van der Waals surface area contributed by atoms with Gasteiger partial charge in [-0.1, -0.05) is 29.8 Å². The summed E-state index contributed by atoms with van der Waals surface area (Å²) in [6, 6.07) is 8.10. The van der Waals surface area contributed by atoms with Gasteiger partial charge in [0.05, 0.1) is 13.7 Å². The monoisotopic (exact) mass is 340 g/mol. The highest BCUT2D eigenvalue weighted by atomic mass is 16.5. The van der Waals surface area contributed by atoms with Crippen LogP contribution in [0.2, 0.25) is 0 Å². The molecule has 2 bridgehead atoms. The Hall–Kier alpha value is -2.11. The molecule has 1 saturated heterocycles. The third-order valence-corrected chi connectivity index (χ3v) is 5.96. The normalized spacial score (nSPS) is 30.1. The number of hydrogen-bond acceptors (Lipinski definition) is 4. The Morgan fingerprint density at radius 3 is 2.96 bits per heavy atom. The summed E-state index contributed by atoms with van der Waals surface area (Å²) in [7, 11) is 1.41. The number of nitrogens with zero attached hydrogens (tertiary/aromatic N) is 1. The molecule has 5 heteroatoms. The molecule has 2 aliphatic rings. The van der Waals surface area contributed by atoms with Crippen LogP contribution in [0.5, 0.6) is 0 Å². The molecule has 2 N–H and O–H groups in total. The summed E-state index contributed by atoms with van der Waals surface area (Å²) in [6.45, 7) is 4.25. The van der Waals surface area contributed by atoms with Crippen LogP contribution >= 0.6 is 0 Å². The van der Waals surface area contributed by atoms with Crippen molar-refractivity contribution in [2.45, 2.75) is 25.3 Å². The van der Waals surface area contributed by atoms with Crippen LogP contribution in [0, 0.1) is 5.92 Å². The molecule has 2 aliphatic heterocycles. The van der Waals surface area contributed by atoms with E-state index in [-0.39, 0.29) is 18.5 Å². The molecule has 25 heavy (non-hydrogen) atoms. The fourth-order valence-corrected chi connectivity index (χ4v) is 4.67. The molecule has 2 aromatic rings. The molecule has 0 saturated carbocycles. The second-order valence-corrected chi connectivity index (χ2v) is 7.16. The van der Waals surface area contributed by atoms with Gasteiger partial charge in [0.25, 0.3) is 0 Å². The Labute approximate surface area is 147 Å². The van der Waals surface area contributed by atoms with Crippen LogP contribution < -0.4 is 0 Å². The smallest absolute Gasteiger partial charge is 0.320 e. The van der Waals surface area contributed by atoms with Gasteiger partial charge in [-0.25, -0.2) is 0 Å². The first-order valence-electron chi connectivity index (χ1n) is 8.79. The number of allylic oxidation sites excluding steroid dienone is 1. The number of nitrogens with one attached hydrogen (secondary N) is 1. The van der Waals surface area contributed by atoms with Gasteiger partial charge in [0.2, 0.25) is 0 Å². The van der Waals surface area contributed by atoms with Crippen molar-refractivity contribution in [1.82, 2.24) is 9.88 Å². The number of para-hydroxylation sites is 1. The van der Waals surface area contributed by atoms with E-state index < -0.39 is 5.41 Å². The van der Waals surface area contributed by atoms with Crippen LogP contribution in [-0.2, 0) is 21.5 Å². The number of esters is 1. The highest BCUT2D eigenvalue weighted by molar-refractivity contribution is 5.91. The summed E-state index contributed by atoms with van der Waals surface area (Å²) < 4.78 is 5.20. The zero-order valence-electron chi connectivity index (χ0n) is 14.7. The number of methoxy groups -OCH3 is 1. The van der Waals surface area contributed by atoms with Crippen molar-refractivity contribution in [3.8, 4) is 0 Å². The SMILES string of the molecule is CC=C1CC2CN(C1)Cc1c([nH]c3ccccc13)C2(CO)C(=O)OC. The van der Waals surface area contributed by atoms with E-state index in [4.69, 9.17) is 4.74 Å². The molecule has 0 spiro atoms. The molecule has 5 nitrogen and oxygen atoms in total. The molecule has 3 heterocycles. The van der Waals surface area contributed by atoms with Gasteiger partial charge in [-0.3, -0.25) is 9.69 Å². The minimum absolute atomic E-state index is 0.0146. The number of fused-ring (bicyclic) bond motifs is 5. The summed E-state index contributed by atoms with van der Waals surface area (Å²) in [4.78, 5) is 18.8. The van der Waals surface area contributed by atoms with Gasteiger partial charge in [0.1, 0.15) is 5.41 Å². The Morgan fingerprint density at radius 1 is 1.44 bits per heavy atom. The number of ether oxygens (including phenoxy) is 1. The first kappa shape index (κ1) is 16.4. The van der Waals surface area contributed by atoms with Gasteiger partial charge >= 0.3 is 5.97 Å². The maximum absolute atomic E-state index is 13.0. The molecule has 1 aromatic carbocycles. The van der Waals surface area contributed by atoms with Gasteiger partial charge in [-0.15, -0.1) is 0 Å². The molecule has 4 rings (SSSR count). The van der Waals surface area contributed by atoms with Gasteiger partial charge in [-0.05, 0) is 30.9 Å². The fraction of sp³-hybridized carbons (Fsp3) is 0.450. The maximum atomic E-state index is 13.0. The lowest BCUT2D eigenvalue weighted by Crippen LogP contribution is -2.52. The number of aromatic nitrogens is 1. The van der Waals surface area contributed by atoms with E-state index in [1.54, 1.807) is 0 Å². The van der Waals surface area contributed by atoms with Crippen LogP contribution in [0.25, 0.3) is 10.9 Å². The van der Waals surface area contributed by atoms with Crippen molar-refractivity contribution in [1.29, 1.82) is 0 Å². The van der Waals surface area contributed by atoms with Crippen LogP contribution in [-0.4, -0.2) is 47.8 Å². The summed E-state index contributed by atoms with van der Waals surface area (Å²) in [5, 5.41) is 11.6. The van der Waals surface area contributed by atoms with E-state index in [2.05, 4.69) is 22.0 Å². The third kappa shape index (κ3) is 2.26. The topological polar surface area (TPSA) is 65.6 Å². The van der Waals surface area contributed by atoms with Gasteiger partial charge < -0.3 is 14.8 Å². The third-order valence-electron chi connectivity index (χ3n) is 5.96. The number of aliphatic hydroxyl groups is 1. The average Bonchev–Trinajstić information content (AvgIpc) is 2.97. The molecule has 0 radical (unpaired) electrons. The molecule has 3 unspecified atom stereocenters. The summed E-state index contributed by atoms with van der Waals surface area (Å²) in [5.41, 5.74) is 3.20. The van der Waals surface area contributed by atoms with Crippen molar-refractivity contribution in [2.75, 3.05) is 26.8 Å². The van der Waals surface area contributed by atoms with E-state index >= 15 is 0 Å². The van der Waals surface area contributed by atoms with Gasteiger partial charge in [0.15, 0.2) is 0 Å². The van der Waals surface area contributed by atoms with E-state index in [0.717, 1.165) is 48.2 Å². The lowest BCUT2D eigenvalue weighted by Gasteiger charge is -2.40. The molecule has 3 atom stereocenters. The average molecular weight is 340 g/mol. The number of hydrogen-bond donors (Lipinski definition) is 2. The number of piperidine rings is 1. The minimum Gasteiger partial charge on any atom is -0.468 e. The molecule has 1 aromatic heterocycles. The van der Waals surface area contributed by atoms with E-state index in [1.807, 2.05) is 25.1 Å². The van der Waals surface area contributed by atoms with Crippen molar-refractivity contribution in [3.63, 3.8) is 0 Å². The highest BCUT2D eigenvalue weighted by Gasteiger charge is 2.53. The van der Waals surface area contributed by atoms with Crippen LogP contribution in [0.3, 0.4) is 0 Å². The highest BCUT2D eigenvalue weighted by Crippen LogP contribution is 2.46. The number of rotatable bonds is 2. The zero-order valence-corrected chi connectivity index (χ0v) is 14.7. The Bertz CT molecular complexity index is 854. The van der Waals surface area contributed by atoms with Crippen molar-refractivity contribution < 1.29 is 14.6 Å². The number of aliphatic hydroxyl groups excluding tert-OH is 1. The lowest BCUT2D eigenvalue weighted by atomic mass is 9.69. The summed E-state index contributed by atoms with van der Waals surface area (Å²) >= 11 is 0. The molecule has 1 fully saturated rings. The Morgan fingerprint density at radius 2 is 2.24 bits per heavy atom. The van der Waals surface area contributed by atoms with Gasteiger partial charge in [-0.2, -0.15) is 0 Å². The Kier molecular flexibility index (Phi) is 3.93. The number of benzene rings is 1. The van der Waals surface area contributed by atoms with Gasteiger partial charge in [0, 0.05) is 36.2 Å². The fourth-order valence-electron chi connectivity index (χ4n) is 4.67. The molecule has 0 amide bonds.